The third-order valence-corrected chi connectivity index (χ3v) is 14.6. The highest BCUT2D eigenvalue weighted by Gasteiger charge is 2.26. The van der Waals surface area contributed by atoms with E-state index in [0.29, 0.717) is 207 Å². The summed E-state index contributed by atoms with van der Waals surface area (Å²) in [7, 11) is 3.26. The van der Waals surface area contributed by atoms with Crippen LogP contribution >= 0.6 is 23.4 Å². The first-order chi connectivity index (χ1) is 42.3. The summed E-state index contributed by atoms with van der Waals surface area (Å²) in [5.74, 6) is 2.81. The number of aryl methyl sites for hydroxylation is 1. The third-order valence-electron chi connectivity index (χ3n) is 12.9. The molecule has 1 heterocycles. The number of carbonyl (C=O) groups is 4. The van der Waals surface area contributed by atoms with Crippen molar-refractivity contribution in [2.75, 3.05) is 204 Å². The van der Waals surface area contributed by atoms with E-state index in [0.717, 1.165) is 74.9 Å². The van der Waals surface area contributed by atoms with Crippen LogP contribution in [0.25, 0.3) is 0 Å². The number of hydrogen-bond donors (Lipinski definition) is 5. The van der Waals surface area contributed by atoms with Gasteiger partial charge in [0.1, 0.15) is 0 Å². The van der Waals surface area contributed by atoms with Crippen molar-refractivity contribution in [3.63, 3.8) is 0 Å². The molecule has 25 heteroatoms. The maximum Gasteiger partial charge on any atom is 0.314 e. The average molecular weight is 1260 g/mol. The van der Waals surface area contributed by atoms with Gasteiger partial charge in [0.2, 0.25) is 11.8 Å². The Morgan fingerprint density at radius 3 is 1.51 bits per heavy atom. The molecule has 0 aliphatic carbocycles. The quantitative estimate of drug-likeness (QED) is 0.0403. The number of hydrogen-bond acceptors (Lipinski definition) is 19. The van der Waals surface area contributed by atoms with E-state index in [9.17, 15) is 19.2 Å². The van der Waals surface area contributed by atoms with Crippen molar-refractivity contribution >= 4 is 47.1 Å². The van der Waals surface area contributed by atoms with Gasteiger partial charge in [0, 0.05) is 68.0 Å². The highest BCUT2D eigenvalue weighted by atomic mass is 35.5. The third kappa shape index (κ3) is 42.7. The fourth-order valence-corrected chi connectivity index (χ4v) is 9.76. The molecule has 2 atom stereocenters. The maximum atomic E-state index is 12.6. The molecule has 0 saturated carbocycles. The monoisotopic (exact) mass is 1260 g/mol. The van der Waals surface area contributed by atoms with E-state index >= 15 is 0 Å². The summed E-state index contributed by atoms with van der Waals surface area (Å²) in [5.41, 5.74) is 2.64. The fraction of sp³-hybridized carbons (Fsp3) is 0.738. The van der Waals surface area contributed by atoms with E-state index in [1.807, 2.05) is 36.0 Å². The summed E-state index contributed by atoms with van der Waals surface area (Å²) in [4.78, 5) is 48.5. The van der Waals surface area contributed by atoms with Crippen molar-refractivity contribution in [2.24, 2.45) is 0 Å². The van der Waals surface area contributed by atoms with Gasteiger partial charge in [0.05, 0.1) is 172 Å². The number of carbonyl (C=O) groups excluding carboxylic acids is 4. The lowest BCUT2D eigenvalue weighted by molar-refractivity contribution is -0.123. The van der Waals surface area contributed by atoms with Gasteiger partial charge in [0.15, 0.2) is 11.5 Å². The van der Waals surface area contributed by atoms with Crippen LogP contribution in [0, 0.1) is 0 Å². The molecule has 86 heavy (non-hydrogen) atoms. The normalized spacial score (nSPS) is 13.8. The molecule has 1 saturated heterocycles. The summed E-state index contributed by atoms with van der Waals surface area (Å²) in [6, 6.07) is 13.3. The summed E-state index contributed by atoms with van der Waals surface area (Å²) in [6.07, 6.45) is 9.16. The van der Waals surface area contributed by atoms with Gasteiger partial charge in [-0.2, -0.15) is 11.8 Å². The van der Waals surface area contributed by atoms with E-state index < -0.39 is 0 Å². The van der Waals surface area contributed by atoms with Crippen molar-refractivity contribution in [1.82, 2.24) is 26.6 Å². The van der Waals surface area contributed by atoms with Gasteiger partial charge in [-0.1, -0.05) is 24.6 Å². The van der Waals surface area contributed by atoms with Crippen LogP contribution in [-0.4, -0.2) is 239 Å². The predicted molar refractivity (Wildman–Crippen MR) is 330 cm³/mol. The topological polar surface area (TPSA) is 258 Å². The average Bonchev–Trinajstić information content (AvgIpc) is 4.12. The number of halogens is 1. The molecule has 0 unspecified atom stereocenters. The molecule has 3 rings (SSSR count). The fourth-order valence-electron chi connectivity index (χ4n) is 8.15. The minimum absolute atomic E-state index is 0.0451. The Hall–Kier alpha value is -4.12. The number of nitrogens with one attached hydrogen (secondary N) is 5. The molecular formula is C61H102ClN5O18S. The van der Waals surface area contributed by atoms with Crippen LogP contribution in [0.4, 0.5) is 4.79 Å². The van der Waals surface area contributed by atoms with Crippen LogP contribution in [0.1, 0.15) is 85.7 Å². The molecule has 1 aliphatic heterocycles. The summed E-state index contributed by atoms with van der Waals surface area (Å²) in [5, 5.41) is 14.8. The smallest absolute Gasteiger partial charge is 0.314 e. The molecule has 0 spiro atoms. The molecule has 5 N–H and O–H groups in total. The van der Waals surface area contributed by atoms with E-state index in [1.165, 1.54) is 5.56 Å². The number of ether oxygens (including phenoxy) is 14. The minimum Gasteiger partial charge on any atom is -0.493 e. The second kappa shape index (κ2) is 55.0. The molecule has 23 nitrogen and oxygen atoms in total. The van der Waals surface area contributed by atoms with Gasteiger partial charge in [-0.25, -0.2) is 4.79 Å². The van der Waals surface area contributed by atoms with E-state index in [4.69, 9.17) is 77.9 Å². The molecule has 1 fully saturated rings. The van der Waals surface area contributed by atoms with Crippen LogP contribution in [0.3, 0.4) is 0 Å². The summed E-state index contributed by atoms with van der Waals surface area (Å²) >= 11 is 7.69. The molecular weight excluding hydrogens is 1160 g/mol. The molecule has 0 bridgehead atoms. The van der Waals surface area contributed by atoms with Crippen molar-refractivity contribution < 1.29 is 85.5 Å². The van der Waals surface area contributed by atoms with Crippen LogP contribution in [0.2, 0.25) is 0 Å². The van der Waals surface area contributed by atoms with Crippen molar-refractivity contribution in [3.05, 3.63) is 59.2 Å². The minimum atomic E-state index is -0.147. The zero-order valence-corrected chi connectivity index (χ0v) is 52.9. The van der Waals surface area contributed by atoms with Crippen LogP contribution in [0.5, 0.6) is 11.5 Å². The molecule has 1 aliphatic rings. The van der Waals surface area contributed by atoms with E-state index in [-0.39, 0.29) is 42.8 Å². The Morgan fingerprint density at radius 1 is 0.500 bits per heavy atom. The van der Waals surface area contributed by atoms with Crippen LogP contribution < -0.4 is 36.1 Å². The number of urea groups is 1. The molecule has 2 aromatic carbocycles. The van der Waals surface area contributed by atoms with Crippen LogP contribution in [-0.2, 0) is 79.4 Å². The zero-order chi connectivity index (χ0) is 61.4. The first-order valence-electron chi connectivity index (χ1n) is 30.6. The van der Waals surface area contributed by atoms with Gasteiger partial charge in [-0.3, -0.25) is 14.4 Å². The highest BCUT2D eigenvalue weighted by Crippen LogP contribution is 2.31. The first kappa shape index (κ1) is 76.1. The second-order valence-corrected chi connectivity index (χ2v) is 21.4. The number of rotatable bonds is 59. The lowest BCUT2D eigenvalue weighted by atomic mass is 10.1. The van der Waals surface area contributed by atoms with Gasteiger partial charge < -0.3 is 92.9 Å². The maximum absolute atomic E-state index is 12.6. The number of unbranched alkanes of at least 4 members (excludes halogenated alkanes) is 3. The van der Waals surface area contributed by atoms with Gasteiger partial charge >= 0.3 is 6.03 Å². The molecule has 5 amide bonds. The SMILES string of the molecule is CNC(=O)N[C@H]1CS[C@@H](CCCCC(=O)NCCOCCOCCOCCOCCOCCOCCOCCOCCOCCOCCOCCOCCC(=O)NCc2ccc(C(=O)NCCCCOc3ccc(CCCCCl)cc3OC)cc2)C1. The first-order valence-corrected chi connectivity index (χ1v) is 32.2. The van der Waals surface area contributed by atoms with E-state index in [1.54, 1.807) is 26.3 Å². The van der Waals surface area contributed by atoms with Crippen molar-refractivity contribution in [2.45, 2.75) is 88.5 Å². The Morgan fingerprint density at radius 2 is 1.00 bits per heavy atom. The molecule has 0 aromatic heterocycles. The Bertz CT molecular complexity index is 1990. The Labute approximate surface area is 520 Å². The van der Waals surface area contributed by atoms with E-state index in [2.05, 4.69) is 32.7 Å². The lowest BCUT2D eigenvalue weighted by Gasteiger charge is -2.12. The van der Waals surface area contributed by atoms with Gasteiger partial charge in [0.25, 0.3) is 5.91 Å². The number of amides is 5. The Balaban J connectivity index is 0.929. The number of thioether (sulfide) groups is 1. The van der Waals surface area contributed by atoms with Gasteiger partial charge in [-0.05, 0) is 86.8 Å². The number of methoxy groups -OCH3 is 1. The standard InChI is InChI=1S/C61H102ClN5O18S/c1-63-61(71)67-54-48-55(86-50-54)10-3-4-11-58(68)64-21-24-74-26-28-76-30-32-78-34-36-80-38-40-82-42-44-84-46-45-83-43-41-81-39-37-79-35-33-77-31-29-75-27-25-73-23-18-59(69)66-49-52-12-15-53(16-13-52)60(70)65-20-7-8-22-85-56-17-14-51(9-5-6-19-62)47-57(56)72-2/h12-17,47,54-55H,3-11,18-46,48-50H2,1-2H3,(H,64,68)(H,65,70)(H,66,69)(H2,63,67,71)/t54-,55+/m1/s1. The molecule has 2 aromatic rings. The highest BCUT2D eigenvalue weighted by molar-refractivity contribution is 8.00. The van der Waals surface area contributed by atoms with Crippen molar-refractivity contribution in [1.29, 1.82) is 0 Å². The second-order valence-electron chi connectivity index (χ2n) is 19.7. The van der Waals surface area contributed by atoms with Crippen LogP contribution in [0.15, 0.2) is 42.5 Å². The number of benzene rings is 2. The molecule has 492 valence electrons. The lowest BCUT2D eigenvalue weighted by Crippen LogP contribution is -2.40. The predicted octanol–water partition coefficient (Wildman–Crippen LogP) is 5.53. The summed E-state index contributed by atoms with van der Waals surface area (Å²) < 4.78 is 77.8. The molecule has 0 radical (unpaired) electrons. The number of alkyl halides is 1. The van der Waals surface area contributed by atoms with Gasteiger partial charge in [-0.15, -0.1) is 11.6 Å². The van der Waals surface area contributed by atoms with Crippen molar-refractivity contribution in [3.8, 4) is 11.5 Å². The Kier molecular flexibility index (Phi) is 48.7. The zero-order valence-electron chi connectivity index (χ0n) is 51.3. The summed E-state index contributed by atoms with van der Waals surface area (Å²) in [6.45, 7) is 12.6. The largest absolute Gasteiger partial charge is 0.493 e.